The van der Waals surface area contributed by atoms with Gasteiger partial charge in [-0.3, -0.25) is 0 Å². The van der Waals surface area contributed by atoms with Crippen LogP contribution in [0.3, 0.4) is 0 Å². The van der Waals surface area contributed by atoms with Crippen molar-refractivity contribution >= 4 is 5.69 Å². The average Bonchev–Trinajstić information content (AvgIpc) is 2.52. The lowest BCUT2D eigenvalue weighted by Crippen LogP contribution is -2.27. The highest BCUT2D eigenvalue weighted by molar-refractivity contribution is 5.46. The van der Waals surface area contributed by atoms with Crippen molar-refractivity contribution in [3.8, 4) is 0 Å². The molecule has 21 heavy (non-hydrogen) atoms. The summed E-state index contributed by atoms with van der Waals surface area (Å²) in [5.41, 5.74) is 2.68. The number of benzene rings is 1. The van der Waals surface area contributed by atoms with E-state index in [-0.39, 0.29) is 0 Å². The van der Waals surface area contributed by atoms with Gasteiger partial charge < -0.3 is 15.0 Å². The molecule has 0 radical (unpaired) electrons. The van der Waals surface area contributed by atoms with Gasteiger partial charge in [0.25, 0.3) is 0 Å². The molecular weight excluding hydrogens is 260 g/mol. The third-order valence-electron chi connectivity index (χ3n) is 4.36. The van der Waals surface area contributed by atoms with Crippen molar-refractivity contribution in [1.29, 1.82) is 0 Å². The molecule has 0 spiro atoms. The molecule has 1 unspecified atom stereocenters. The van der Waals surface area contributed by atoms with Gasteiger partial charge in [-0.15, -0.1) is 0 Å². The number of ether oxygens (including phenoxy) is 1. The fourth-order valence-electron chi connectivity index (χ4n) is 2.98. The van der Waals surface area contributed by atoms with Crippen LogP contribution in [0.25, 0.3) is 0 Å². The van der Waals surface area contributed by atoms with E-state index >= 15 is 0 Å². The number of hydrogen-bond acceptors (Lipinski definition) is 3. The Balaban J connectivity index is 2.02. The molecule has 0 saturated carbocycles. The van der Waals surface area contributed by atoms with Crippen molar-refractivity contribution < 1.29 is 4.74 Å². The van der Waals surface area contributed by atoms with Crippen LogP contribution in [0, 0.1) is 5.92 Å². The van der Waals surface area contributed by atoms with Gasteiger partial charge in [-0.05, 0) is 55.8 Å². The fraction of sp³-hybridized carbons (Fsp3) is 0.667. The first-order chi connectivity index (χ1) is 10.2. The predicted octanol–water partition coefficient (Wildman–Crippen LogP) is 3.61. The standard InChI is InChI=1S/C18H30N2O/c1-4-11-19-18(14-15-9-12-21-13-10-15)16-5-7-17(8-6-16)20(2)3/h5-8,15,18-19H,4,9-14H2,1-3H3. The zero-order valence-corrected chi connectivity index (χ0v) is 13.8. The Morgan fingerprint density at radius 1 is 1.19 bits per heavy atom. The summed E-state index contributed by atoms with van der Waals surface area (Å²) >= 11 is 0. The maximum absolute atomic E-state index is 5.48. The van der Waals surface area contributed by atoms with Gasteiger partial charge in [0.05, 0.1) is 0 Å². The largest absolute Gasteiger partial charge is 0.381 e. The molecule has 1 atom stereocenters. The second-order valence-corrected chi connectivity index (χ2v) is 6.28. The van der Waals surface area contributed by atoms with E-state index < -0.39 is 0 Å². The third kappa shape index (κ3) is 5.01. The minimum atomic E-state index is 0.476. The molecule has 3 nitrogen and oxygen atoms in total. The minimum Gasteiger partial charge on any atom is -0.381 e. The number of nitrogens with one attached hydrogen (secondary N) is 1. The molecule has 1 N–H and O–H groups in total. The number of nitrogens with zero attached hydrogens (tertiary/aromatic N) is 1. The van der Waals surface area contributed by atoms with Crippen LogP contribution in [0.5, 0.6) is 0 Å². The van der Waals surface area contributed by atoms with Crippen molar-refractivity contribution in [2.75, 3.05) is 38.8 Å². The van der Waals surface area contributed by atoms with Crippen molar-refractivity contribution in [3.05, 3.63) is 29.8 Å². The molecule has 118 valence electrons. The van der Waals surface area contributed by atoms with Crippen LogP contribution < -0.4 is 10.2 Å². The van der Waals surface area contributed by atoms with Crippen molar-refractivity contribution in [2.24, 2.45) is 5.92 Å². The summed E-state index contributed by atoms with van der Waals surface area (Å²) < 4.78 is 5.48. The molecule has 1 saturated heterocycles. The highest BCUT2D eigenvalue weighted by atomic mass is 16.5. The zero-order valence-electron chi connectivity index (χ0n) is 13.8. The van der Waals surface area contributed by atoms with Crippen molar-refractivity contribution in [3.63, 3.8) is 0 Å². The lowest BCUT2D eigenvalue weighted by atomic mass is 9.89. The summed E-state index contributed by atoms with van der Waals surface area (Å²) in [4.78, 5) is 2.15. The van der Waals surface area contributed by atoms with E-state index in [0.717, 1.165) is 25.7 Å². The van der Waals surface area contributed by atoms with E-state index in [1.807, 2.05) is 0 Å². The summed E-state index contributed by atoms with van der Waals surface area (Å²) in [5, 5.41) is 3.73. The summed E-state index contributed by atoms with van der Waals surface area (Å²) in [6, 6.07) is 9.48. The first kappa shape index (κ1) is 16.3. The van der Waals surface area contributed by atoms with Crippen LogP contribution >= 0.6 is 0 Å². The normalized spacial score (nSPS) is 17.7. The molecule has 1 aromatic rings. The van der Waals surface area contributed by atoms with Gasteiger partial charge in [0.2, 0.25) is 0 Å². The van der Waals surface area contributed by atoms with Gasteiger partial charge in [0.15, 0.2) is 0 Å². The average molecular weight is 290 g/mol. The second kappa shape index (κ2) is 8.40. The molecule has 3 heteroatoms. The molecule has 1 heterocycles. The smallest absolute Gasteiger partial charge is 0.0468 e. The fourth-order valence-corrected chi connectivity index (χ4v) is 2.98. The topological polar surface area (TPSA) is 24.5 Å². The molecule has 0 aliphatic carbocycles. The van der Waals surface area contributed by atoms with E-state index in [0.29, 0.717) is 6.04 Å². The minimum absolute atomic E-state index is 0.476. The predicted molar refractivity (Wildman–Crippen MR) is 90.0 cm³/mol. The Hall–Kier alpha value is -1.06. The number of rotatable bonds is 7. The van der Waals surface area contributed by atoms with E-state index in [2.05, 4.69) is 55.5 Å². The Kier molecular flexibility index (Phi) is 6.52. The van der Waals surface area contributed by atoms with Crippen molar-refractivity contribution in [1.82, 2.24) is 5.32 Å². The Bertz CT molecular complexity index is 396. The molecule has 2 rings (SSSR count). The quantitative estimate of drug-likeness (QED) is 0.830. The molecule has 1 aromatic carbocycles. The van der Waals surface area contributed by atoms with E-state index in [4.69, 9.17) is 4.74 Å². The Morgan fingerprint density at radius 2 is 1.86 bits per heavy atom. The highest BCUT2D eigenvalue weighted by Crippen LogP contribution is 2.28. The van der Waals surface area contributed by atoms with Crippen LogP contribution in [-0.2, 0) is 4.74 Å². The van der Waals surface area contributed by atoms with Crippen LogP contribution in [0.15, 0.2) is 24.3 Å². The van der Waals surface area contributed by atoms with Gasteiger partial charge >= 0.3 is 0 Å². The van der Waals surface area contributed by atoms with Crippen molar-refractivity contribution in [2.45, 2.75) is 38.6 Å². The summed E-state index contributed by atoms with van der Waals surface area (Å²) in [6.07, 6.45) is 4.82. The Morgan fingerprint density at radius 3 is 2.43 bits per heavy atom. The van der Waals surface area contributed by atoms with E-state index in [9.17, 15) is 0 Å². The molecule has 1 fully saturated rings. The zero-order chi connectivity index (χ0) is 15.1. The second-order valence-electron chi connectivity index (χ2n) is 6.28. The van der Waals surface area contributed by atoms with Crippen LogP contribution in [0.1, 0.15) is 44.2 Å². The third-order valence-corrected chi connectivity index (χ3v) is 4.36. The first-order valence-electron chi connectivity index (χ1n) is 8.29. The molecule has 0 aromatic heterocycles. The van der Waals surface area contributed by atoms with Gasteiger partial charge in [0.1, 0.15) is 0 Å². The summed E-state index contributed by atoms with van der Waals surface area (Å²) in [6.45, 7) is 5.19. The SMILES string of the molecule is CCCNC(CC1CCOCC1)c1ccc(N(C)C)cc1. The summed E-state index contributed by atoms with van der Waals surface area (Å²) in [5.74, 6) is 0.793. The molecule has 0 amide bonds. The number of hydrogen-bond donors (Lipinski definition) is 1. The highest BCUT2D eigenvalue weighted by Gasteiger charge is 2.20. The van der Waals surface area contributed by atoms with Crippen LogP contribution in [0.2, 0.25) is 0 Å². The maximum atomic E-state index is 5.48. The first-order valence-corrected chi connectivity index (χ1v) is 8.29. The van der Waals surface area contributed by atoms with E-state index in [1.54, 1.807) is 0 Å². The maximum Gasteiger partial charge on any atom is 0.0468 e. The monoisotopic (exact) mass is 290 g/mol. The van der Waals surface area contributed by atoms with Crippen LogP contribution in [-0.4, -0.2) is 33.9 Å². The molecule has 1 aliphatic heterocycles. The van der Waals surface area contributed by atoms with Crippen LogP contribution in [0.4, 0.5) is 5.69 Å². The van der Waals surface area contributed by atoms with Gasteiger partial charge in [-0.1, -0.05) is 19.1 Å². The number of anilines is 1. The lowest BCUT2D eigenvalue weighted by molar-refractivity contribution is 0.0605. The lowest BCUT2D eigenvalue weighted by Gasteiger charge is -2.28. The van der Waals surface area contributed by atoms with Gasteiger partial charge in [0, 0.05) is 39.0 Å². The molecular formula is C18H30N2O. The molecule has 1 aliphatic rings. The summed E-state index contributed by atoms with van der Waals surface area (Å²) in [7, 11) is 4.17. The Labute approximate surface area is 129 Å². The van der Waals surface area contributed by atoms with Gasteiger partial charge in [-0.25, -0.2) is 0 Å². The molecule has 0 bridgehead atoms. The van der Waals surface area contributed by atoms with Gasteiger partial charge in [-0.2, -0.15) is 0 Å². The van der Waals surface area contributed by atoms with E-state index in [1.165, 1.54) is 36.9 Å².